The van der Waals surface area contributed by atoms with Crippen molar-refractivity contribution in [3.8, 4) is 11.1 Å². The first-order chi connectivity index (χ1) is 11.7. The van der Waals surface area contributed by atoms with Crippen LogP contribution in [0.1, 0.15) is 42.9 Å². The van der Waals surface area contributed by atoms with E-state index in [0.717, 1.165) is 0 Å². The summed E-state index contributed by atoms with van der Waals surface area (Å²) in [5, 5.41) is 0. The molecule has 0 bridgehead atoms. The molecule has 0 fully saturated rings. The van der Waals surface area contributed by atoms with Crippen LogP contribution in [0.15, 0.2) is 78.9 Å². The standard InChI is InChI=1S/C24H26/c1-4-18(2)23(20-13-7-5-8-14-20)22-17-11-12-19(3)24(22)21-15-9-6-10-16-21/h5-18,23H,4H2,1-3H3. The molecule has 0 aliphatic rings. The fourth-order valence-electron chi connectivity index (χ4n) is 3.66. The third kappa shape index (κ3) is 3.28. The van der Waals surface area contributed by atoms with Gasteiger partial charge in [-0.25, -0.2) is 0 Å². The lowest BCUT2D eigenvalue weighted by molar-refractivity contribution is 0.497. The molecule has 2 atom stereocenters. The van der Waals surface area contributed by atoms with Gasteiger partial charge in [0.05, 0.1) is 0 Å². The summed E-state index contributed by atoms with van der Waals surface area (Å²) < 4.78 is 0. The molecule has 3 aromatic carbocycles. The Bertz CT molecular complexity index is 772. The Morgan fingerprint density at radius 3 is 2.00 bits per heavy atom. The molecule has 3 rings (SSSR count). The highest BCUT2D eigenvalue weighted by molar-refractivity contribution is 5.72. The molecular weight excluding hydrogens is 288 g/mol. The van der Waals surface area contributed by atoms with E-state index in [-0.39, 0.29) is 0 Å². The zero-order valence-electron chi connectivity index (χ0n) is 14.9. The van der Waals surface area contributed by atoms with Crippen LogP contribution in [-0.4, -0.2) is 0 Å². The fraction of sp³-hybridized carbons (Fsp3) is 0.250. The van der Waals surface area contributed by atoms with Crippen molar-refractivity contribution in [2.45, 2.75) is 33.1 Å². The van der Waals surface area contributed by atoms with Crippen LogP contribution in [0, 0.1) is 12.8 Å². The Morgan fingerprint density at radius 1 is 0.750 bits per heavy atom. The molecule has 0 aliphatic heterocycles. The van der Waals surface area contributed by atoms with Gasteiger partial charge < -0.3 is 0 Å². The van der Waals surface area contributed by atoms with Crippen LogP contribution in [0.5, 0.6) is 0 Å². The second-order valence-electron chi connectivity index (χ2n) is 6.68. The van der Waals surface area contributed by atoms with E-state index in [2.05, 4.69) is 99.6 Å². The van der Waals surface area contributed by atoms with Crippen LogP contribution in [0.2, 0.25) is 0 Å². The Morgan fingerprint density at radius 2 is 1.38 bits per heavy atom. The van der Waals surface area contributed by atoms with Gasteiger partial charge in [0.25, 0.3) is 0 Å². The SMILES string of the molecule is CCC(C)C(c1ccccc1)c1cccc(C)c1-c1ccccc1. The second kappa shape index (κ2) is 7.49. The first-order valence-electron chi connectivity index (χ1n) is 8.92. The lowest BCUT2D eigenvalue weighted by atomic mass is 9.76. The highest BCUT2D eigenvalue weighted by atomic mass is 14.3. The van der Waals surface area contributed by atoms with Crippen molar-refractivity contribution in [2.24, 2.45) is 5.92 Å². The summed E-state index contributed by atoms with van der Waals surface area (Å²) in [6, 6.07) is 28.5. The van der Waals surface area contributed by atoms with Crippen molar-refractivity contribution in [2.75, 3.05) is 0 Å². The van der Waals surface area contributed by atoms with Gasteiger partial charge in [-0.05, 0) is 40.7 Å². The third-order valence-electron chi connectivity index (χ3n) is 5.07. The normalized spacial score (nSPS) is 13.5. The van der Waals surface area contributed by atoms with E-state index in [0.29, 0.717) is 11.8 Å². The molecule has 0 saturated heterocycles. The van der Waals surface area contributed by atoms with Gasteiger partial charge in [-0.2, -0.15) is 0 Å². The van der Waals surface area contributed by atoms with Gasteiger partial charge in [0.2, 0.25) is 0 Å². The van der Waals surface area contributed by atoms with Crippen LogP contribution in [0.3, 0.4) is 0 Å². The monoisotopic (exact) mass is 314 g/mol. The van der Waals surface area contributed by atoms with Crippen LogP contribution < -0.4 is 0 Å². The van der Waals surface area contributed by atoms with Gasteiger partial charge in [0.1, 0.15) is 0 Å². The molecular formula is C24H26. The molecule has 0 saturated carbocycles. The van der Waals surface area contributed by atoms with E-state index in [4.69, 9.17) is 0 Å². The molecule has 0 amide bonds. The zero-order chi connectivity index (χ0) is 16.9. The minimum atomic E-state index is 0.423. The maximum absolute atomic E-state index is 2.37. The first-order valence-corrected chi connectivity index (χ1v) is 8.92. The summed E-state index contributed by atoms with van der Waals surface area (Å²) in [5.74, 6) is 1.02. The van der Waals surface area contributed by atoms with E-state index < -0.39 is 0 Å². The van der Waals surface area contributed by atoms with E-state index in [9.17, 15) is 0 Å². The quantitative estimate of drug-likeness (QED) is 0.483. The van der Waals surface area contributed by atoms with E-state index in [1.165, 1.54) is 34.2 Å². The molecule has 0 spiro atoms. The van der Waals surface area contributed by atoms with Gasteiger partial charge in [-0.3, -0.25) is 0 Å². The topological polar surface area (TPSA) is 0 Å². The molecule has 0 aromatic heterocycles. The summed E-state index contributed by atoms with van der Waals surface area (Å²) >= 11 is 0. The average Bonchev–Trinajstić information content (AvgIpc) is 2.63. The van der Waals surface area contributed by atoms with Gasteiger partial charge in [-0.15, -0.1) is 0 Å². The van der Waals surface area contributed by atoms with Gasteiger partial charge in [-0.1, -0.05) is 99.1 Å². The minimum absolute atomic E-state index is 0.423. The third-order valence-corrected chi connectivity index (χ3v) is 5.07. The Labute approximate surface area is 146 Å². The molecule has 0 radical (unpaired) electrons. The average molecular weight is 314 g/mol. The van der Waals surface area contributed by atoms with Crippen molar-refractivity contribution in [1.29, 1.82) is 0 Å². The lowest BCUT2D eigenvalue weighted by Gasteiger charge is -2.27. The van der Waals surface area contributed by atoms with Gasteiger partial charge in [0, 0.05) is 5.92 Å². The van der Waals surface area contributed by atoms with Crippen LogP contribution in [0.4, 0.5) is 0 Å². The second-order valence-corrected chi connectivity index (χ2v) is 6.68. The largest absolute Gasteiger partial charge is 0.0651 e. The fourth-order valence-corrected chi connectivity index (χ4v) is 3.66. The number of hydrogen-bond donors (Lipinski definition) is 0. The summed E-state index contributed by atoms with van der Waals surface area (Å²) in [6.07, 6.45) is 1.17. The van der Waals surface area contributed by atoms with E-state index >= 15 is 0 Å². The maximum Gasteiger partial charge on any atom is 0.0121 e. The van der Waals surface area contributed by atoms with Crippen molar-refractivity contribution in [3.05, 3.63) is 95.6 Å². The zero-order valence-corrected chi connectivity index (χ0v) is 14.9. The summed E-state index contributed by atoms with van der Waals surface area (Å²) in [6.45, 7) is 6.89. The Balaban J connectivity index is 2.21. The van der Waals surface area contributed by atoms with E-state index in [1.54, 1.807) is 0 Å². The highest BCUT2D eigenvalue weighted by Gasteiger charge is 2.23. The molecule has 3 aromatic rings. The van der Waals surface area contributed by atoms with Gasteiger partial charge >= 0.3 is 0 Å². The summed E-state index contributed by atoms with van der Waals surface area (Å²) in [5.41, 5.74) is 6.92. The van der Waals surface area contributed by atoms with Gasteiger partial charge in [0.15, 0.2) is 0 Å². The van der Waals surface area contributed by atoms with Crippen LogP contribution in [-0.2, 0) is 0 Å². The Kier molecular flexibility index (Phi) is 5.15. The van der Waals surface area contributed by atoms with E-state index in [1.807, 2.05) is 0 Å². The van der Waals surface area contributed by atoms with Crippen molar-refractivity contribution in [1.82, 2.24) is 0 Å². The molecule has 122 valence electrons. The summed E-state index contributed by atoms with van der Waals surface area (Å²) in [7, 11) is 0. The molecule has 24 heavy (non-hydrogen) atoms. The predicted molar refractivity (Wildman–Crippen MR) is 104 cm³/mol. The maximum atomic E-state index is 2.37. The first kappa shape index (κ1) is 16.5. The highest BCUT2D eigenvalue weighted by Crippen LogP contribution is 2.40. The predicted octanol–water partition coefficient (Wildman–Crippen LogP) is 6.84. The van der Waals surface area contributed by atoms with Crippen LogP contribution in [0.25, 0.3) is 11.1 Å². The molecule has 0 aliphatic carbocycles. The number of benzene rings is 3. The molecule has 0 heteroatoms. The van der Waals surface area contributed by atoms with Crippen molar-refractivity contribution in [3.63, 3.8) is 0 Å². The minimum Gasteiger partial charge on any atom is -0.0651 e. The Hall–Kier alpha value is -2.34. The molecule has 0 N–H and O–H groups in total. The molecule has 2 unspecified atom stereocenters. The van der Waals surface area contributed by atoms with Crippen LogP contribution >= 0.6 is 0 Å². The molecule has 0 nitrogen and oxygen atoms in total. The summed E-state index contributed by atoms with van der Waals surface area (Å²) in [4.78, 5) is 0. The van der Waals surface area contributed by atoms with Crippen molar-refractivity contribution < 1.29 is 0 Å². The number of hydrogen-bond acceptors (Lipinski definition) is 0. The smallest absolute Gasteiger partial charge is 0.0121 e. The van der Waals surface area contributed by atoms with Crippen molar-refractivity contribution >= 4 is 0 Å². The number of rotatable bonds is 5. The number of aryl methyl sites for hydroxylation is 1. The lowest BCUT2D eigenvalue weighted by Crippen LogP contribution is -2.12. The molecule has 0 heterocycles.